The molecule has 0 saturated carbocycles. The van der Waals surface area contributed by atoms with Crippen LogP contribution in [0, 0.1) is 22.7 Å². The van der Waals surface area contributed by atoms with Gasteiger partial charge in [0.2, 0.25) is 0 Å². The Morgan fingerprint density at radius 1 is 0.492 bits per heavy atom. The highest BCUT2D eigenvalue weighted by Crippen LogP contribution is 2.58. The number of nitriles is 2. The molecular formula is C59H38N6. The summed E-state index contributed by atoms with van der Waals surface area (Å²) in [5, 5.41) is 25.9. The van der Waals surface area contributed by atoms with E-state index in [-0.39, 0.29) is 0 Å². The van der Waals surface area contributed by atoms with Crippen LogP contribution < -0.4 is 10.2 Å². The Bertz CT molecular complexity index is 3490. The van der Waals surface area contributed by atoms with Crippen LogP contribution in [0.4, 0.5) is 22.7 Å². The summed E-state index contributed by atoms with van der Waals surface area (Å²) in [6.45, 7) is 0. The van der Waals surface area contributed by atoms with Crippen LogP contribution in [0.1, 0.15) is 56.1 Å². The third kappa shape index (κ3) is 5.82. The van der Waals surface area contributed by atoms with Crippen molar-refractivity contribution in [2.75, 3.05) is 10.2 Å². The molecule has 0 radical (unpaired) electrons. The number of fused-ring (bicyclic) bond motifs is 6. The number of hydrogen-bond acceptors (Lipinski definition) is 5. The van der Waals surface area contributed by atoms with Gasteiger partial charge in [0.05, 0.1) is 39.0 Å². The molecule has 1 atom stereocenters. The van der Waals surface area contributed by atoms with Gasteiger partial charge in [-0.25, -0.2) is 0 Å². The summed E-state index contributed by atoms with van der Waals surface area (Å²) in [6, 6.07) is 81.2. The zero-order valence-electron chi connectivity index (χ0n) is 35.1. The summed E-state index contributed by atoms with van der Waals surface area (Å²) in [7, 11) is 0. The summed E-state index contributed by atoms with van der Waals surface area (Å²) < 4.78 is 2.38. The molecule has 12 rings (SSSR count). The van der Waals surface area contributed by atoms with E-state index in [1.165, 1.54) is 44.1 Å². The standard InChI is InChI=1S/C59H38N6/c60-37-41-35-49-52(36-42(41)38-61)62-58(40-15-3-1-4-16-40)63-57(49)39-27-31-45(32-28-39)65-55-25-13-9-21-50(55)59(43-17-5-2-6-18-43,51-22-10-14-26-56(51)65)44-29-33-46(34-30-44)64-53-23-11-7-19-47(53)48-20-8-12-24-54(48)64/h1-36,57H,(H,62,63). The second-order valence-electron chi connectivity index (χ2n) is 16.6. The Kier molecular flexibility index (Phi) is 8.79. The topological polar surface area (TPSA) is 80.1 Å². The molecule has 65 heavy (non-hydrogen) atoms. The van der Waals surface area contributed by atoms with Crippen LogP contribution in [0.5, 0.6) is 0 Å². The van der Waals surface area contributed by atoms with Crippen molar-refractivity contribution in [2.24, 2.45) is 4.99 Å². The number of aliphatic imine (C=N–C) groups is 1. The summed E-state index contributed by atoms with van der Waals surface area (Å²) in [4.78, 5) is 7.62. The van der Waals surface area contributed by atoms with E-state index < -0.39 is 11.5 Å². The lowest BCUT2D eigenvalue weighted by molar-refractivity contribution is 0.731. The molecule has 1 aromatic heterocycles. The van der Waals surface area contributed by atoms with Crippen molar-refractivity contribution in [1.29, 1.82) is 10.5 Å². The highest BCUT2D eigenvalue weighted by Gasteiger charge is 2.46. The summed E-state index contributed by atoms with van der Waals surface area (Å²) in [6.07, 6.45) is 0. The van der Waals surface area contributed by atoms with Gasteiger partial charge in [-0.15, -0.1) is 0 Å². The highest BCUT2D eigenvalue weighted by atomic mass is 15.2. The van der Waals surface area contributed by atoms with E-state index in [2.05, 4.69) is 203 Å². The number of nitrogens with zero attached hydrogens (tertiary/aromatic N) is 5. The molecule has 1 unspecified atom stereocenters. The minimum Gasteiger partial charge on any atom is -0.340 e. The molecule has 6 nitrogen and oxygen atoms in total. The number of benzene rings is 9. The molecule has 3 heterocycles. The van der Waals surface area contributed by atoms with Gasteiger partial charge in [-0.1, -0.05) is 158 Å². The van der Waals surface area contributed by atoms with Gasteiger partial charge in [0.15, 0.2) is 0 Å². The number of hydrogen-bond donors (Lipinski definition) is 1. The van der Waals surface area contributed by atoms with Crippen molar-refractivity contribution in [3.05, 3.63) is 268 Å². The molecule has 0 fully saturated rings. The van der Waals surface area contributed by atoms with Crippen molar-refractivity contribution in [3.63, 3.8) is 0 Å². The molecule has 0 bridgehead atoms. The fourth-order valence-electron chi connectivity index (χ4n) is 10.4. The van der Waals surface area contributed by atoms with Gasteiger partial charge in [0.25, 0.3) is 0 Å². The Hall–Kier alpha value is -8.97. The molecule has 2 aliphatic rings. The van der Waals surface area contributed by atoms with E-state index in [0.717, 1.165) is 45.1 Å². The fourth-order valence-corrected chi connectivity index (χ4v) is 10.4. The van der Waals surface area contributed by atoms with Crippen LogP contribution in [0.3, 0.4) is 0 Å². The van der Waals surface area contributed by atoms with Crippen molar-refractivity contribution in [1.82, 2.24) is 4.57 Å². The molecule has 0 saturated heterocycles. The van der Waals surface area contributed by atoms with E-state index in [1.807, 2.05) is 30.3 Å². The second-order valence-corrected chi connectivity index (χ2v) is 16.6. The molecule has 10 aromatic rings. The molecule has 0 aliphatic carbocycles. The molecule has 2 aliphatic heterocycles. The number of rotatable bonds is 6. The smallest absolute Gasteiger partial charge is 0.133 e. The fraction of sp³-hybridized carbons (Fsp3) is 0.0339. The molecule has 304 valence electrons. The third-order valence-electron chi connectivity index (χ3n) is 13.2. The average molecular weight is 831 g/mol. The first-order chi connectivity index (χ1) is 32.1. The predicted octanol–water partition coefficient (Wildman–Crippen LogP) is 13.7. The zero-order valence-corrected chi connectivity index (χ0v) is 35.1. The molecule has 0 spiro atoms. The summed E-state index contributed by atoms with van der Waals surface area (Å²) >= 11 is 0. The van der Waals surface area contributed by atoms with Gasteiger partial charge in [-0.05, 0) is 88.5 Å². The van der Waals surface area contributed by atoms with Crippen LogP contribution in [0.2, 0.25) is 0 Å². The summed E-state index contributed by atoms with van der Waals surface area (Å²) in [5.74, 6) is 0.708. The van der Waals surface area contributed by atoms with Crippen molar-refractivity contribution in [3.8, 4) is 17.8 Å². The number of anilines is 4. The quantitative estimate of drug-likeness (QED) is 0.181. The Balaban J connectivity index is 1.00. The first-order valence-electron chi connectivity index (χ1n) is 21.8. The normalized spacial score (nSPS) is 14.6. The number of para-hydroxylation sites is 4. The van der Waals surface area contributed by atoms with Crippen LogP contribution in [0.25, 0.3) is 27.5 Å². The minimum absolute atomic E-state index is 0.329. The van der Waals surface area contributed by atoms with Gasteiger partial charge in [0.1, 0.15) is 24.0 Å². The monoisotopic (exact) mass is 830 g/mol. The van der Waals surface area contributed by atoms with Gasteiger partial charge in [-0.2, -0.15) is 10.5 Å². The van der Waals surface area contributed by atoms with E-state index in [1.54, 1.807) is 12.1 Å². The van der Waals surface area contributed by atoms with Crippen LogP contribution >= 0.6 is 0 Å². The molecule has 9 aromatic carbocycles. The Morgan fingerprint density at radius 2 is 1.00 bits per heavy atom. The number of nitrogens with one attached hydrogen (secondary N) is 1. The third-order valence-corrected chi connectivity index (χ3v) is 13.2. The molecule has 1 N–H and O–H groups in total. The number of amidine groups is 1. The van der Waals surface area contributed by atoms with Crippen molar-refractivity contribution in [2.45, 2.75) is 11.5 Å². The van der Waals surface area contributed by atoms with Crippen LogP contribution in [0.15, 0.2) is 223 Å². The minimum atomic E-state index is -0.646. The van der Waals surface area contributed by atoms with Crippen molar-refractivity contribution >= 4 is 50.4 Å². The van der Waals surface area contributed by atoms with E-state index in [0.29, 0.717) is 17.0 Å². The second kappa shape index (κ2) is 15.1. The Morgan fingerprint density at radius 3 is 1.62 bits per heavy atom. The molecule has 0 amide bonds. The Labute approximate surface area is 376 Å². The molecular weight excluding hydrogens is 793 g/mol. The zero-order chi connectivity index (χ0) is 43.5. The predicted molar refractivity (Wildman–Crippen MR) is 262 cm³/mol. The maximum atomic E-state index is 10.0. The summed E-state index contributed by atoms with van der Waals surface area (Å²) in [5.41, 5.74) is 14.9. The maximum absolute atomic E-state index is 10.0. The maximum Gasteiger partial charge on any atom is 0.133 e. The van der Waals surface area contributed by atoms with Gasteiger partial charge in [0, 0.05) is 39.0 Å². The lowest BCUT2D eigenvalue weighted by Crippen LogP contribution is -2.37. The first-order valence-corrected chi connectivity index (χ1v) is 21.8. The average Bonchev–Trinajstić information content (AvgIpc) is 3.72. The number of aromatic nitrogens is 1. The van der Waals surface area contributed by atoms with Gasteiger partial charge >= 0.3 is 0 Å². The SMILES string of the molecule is N#Cc1cc2c(cc1C#N)C(c1ccc(N3c4ccccc4C(c4ccccc4)(c4ccc(-n5c6ccccc6c6ccccc65)cc4)c4ccccc43)cc1)N=C(c1ccccc1)N2. The largest absolute Gasteiger partial charge is 0.340 e. The van der Waals surface area contributed by atoms with Crippen molar-refractivity contribution < 1.29 is 0 Å². The van der Waals surface area contributed by atoms with E-state index in [9.17, 15) is 10.5 Å². The van der Waals surface area contributed by atoms with Gasteiger partial charge in [-0.3, -0.25) is 4.99 Å². The van der Waals surface area contributed by atoms with Gasteiger partial charge < -0.3 is 14.8 Å². The van der Waals surface area contributed by atoms with Crippen LogP contribution in [-0.4, -0.2) is 10.4 Å². The molecule has 6 heteroatoms. The highest BCUT2D eigenvalue weighted by molar-refractivity contribution is 6.10. The lowest BCUT2D eigenvalue weighted by atomic mass is 9.62. The lowest BCUT2D eigenvalue weighted by Gasteiger charge is -2.46. The first kappa shape index (κ1) is 37.8. The van der Waals surface area contributed by atoms with E-state index >= 15 is 0 Å². The van der Waals surface area contributed by atoms with Crippen LogP contribution in [-0.2, 0) is 5.41 Å². The van der Waals surface area contributed by atoms with E-state index in [4.69, 9.17) is 4.99 Å².